The van der Waals surface area contributed by atoms with Gasteiger partial charge in [-0.25, -0.2) is 4.79 Å². The van der Waals surface area contributed by atoms with E-state index in [1.165, 1.54) is 7.11 Å². The summed E-state index contributed by atoms with van der Waals surface area (Å²) in [4.78, 5) is 22.2. The molecular formula is C10H17NO4. The van der Waals surface area contributed by atoms with Gasteiger partial charge in [0.2, 0.25) is 5.91 Å². The van der Waals surface area contributed by atoms with Crippen molar-refractivity contribution in [2.75, 3.05) is 7.11 Å². The largest absolute Gasteiger partial charge is 0.479 e. The quantitative estimate of drug-likeness (QED) is 0.711. The molecule has 0 saturated heterocycles. The number of hydrogen-bond acceptors (Lipinski definition) is 3. The minimum Gasteiger partial charge on any atom is -0.479 e. The van der Waals surface area contributed by atoms with Crippen molar-refractivity contribution in [1.82, 2.24) is 5.32 Å². The van der Waals surface area contributed by atoms with Crippen LogP contribution in [0.3, 0.4) is 0 Å². The summed E-state index contributed by atoms with van der Waals surface area (Å²) in [6, 6.07) is -0.0732. The van der Waals surface area contributed by atoms with Crippen LogP contribution in [-0.4, -0.2) is 35.7 Å². The third-order valence-corrected chi connectivity index (χ3v) is 2.80. The smallest absolute Gasteiger partial charge is 0.336 e. The van der Waals surface area contributed by atoms with Crippen molar-refractivity contribution in [3.05, 3.63) is 0 Å². The Morgan fingerprint density at radius 2 is 2.00 bits per heavy atom. The molecule has 0 unspecified atom stereocenters. The van der Waals surface area contributed by atoms with E-state index in [9.17, 15) is 9.59 Å². The van der Waals surface area contributed by atoms with Gasteiger partial charge >= 0.3 is 5.97 Å². The normalized spacial score (nSPS) is 29.7. The number of aliphatic carboxylic acids is 1. The van der Waals surface area contributed by atoms with E-state index in [2.05, 4.69) is 5.32 Å². The summed E-state index contributed by atoms with van der Waals surface area (Å²) in [5.74, 6) is -1.08. The first kappa shape index (κ1) is 12.0. The number of methoxy groups -OCH3 is 1. The van der Waals surface area contributed by atoms with Crippen molar-refractivity contribution in [1.29, 1.82) is 0 Å². The second-order valence-corrected chi connectivity index (χ2v) is 4.27. The van der Waals surface area contributed by atoms with Gasteiger partial charge in [0, 0.05) is 31.9 Å². The molecule has 0 aromatic carbocycles. The van der Waals surface area contributed by atoms with Gasteiger partial charge in [0.05, 0.1) is 0 Å². The van der Waals surface area contributed by atoms with Crippen LogP contribution < -0.4 is 5.32 Å². The lowest BCUT2D eigenvalue weighted by atomic mass is 9.75. The second-order valence-electron chi connectivity index (χ2n) is 4.27. The Labute approximate surface area is 88.8 Å². The molecule has 15 heavy (non-hydrogen) atoms. The summed E-state index contributed by atoms with van der Waals surface area (Å²) in [6.07, 6.45) is 0.689. The molecule has 0 aliphatic heterocycles. The molecule has 5 heteroatoms. The predicted molar refractivity (Wildman–Crippen MR) is 53.4 cm³/mol. The van der Waals surface area contributed by atoms with E-state index in [0.29, 0.717) is 12.8 Å². The van der Waals surface area contributed by atoms with Gasteiger partial charge in [0.15, 0.2) is 5.60 Å². The number of carbonyl (C=O) groups excluding carboxylic acids is 1. The van der Waals surface area contributed by atoms with Gasteiger partial charge in [-0.15, -0.1) is 0 Å². The molecule has 0 spiro atoms. The molecular weight excluding hydrogens is 198 g/mol. The van der Waals surface area contributed by atoms with Gasteiger partial charge in [0.25, 0.3) is 0 Å². The lowest BCUT2D eigenvalue weighted by Gasteiger charge is -2.43. The van der Waals surface area contributed by atoms with E-state index in [4.69, 9.17) is 9.84 Å². The van der Waals surface area contributed by atoms with Gasteiger partial charge in [-0.3, -0.25) is 4.79 Å². The van der Waals surface area contributed by atoms with Crippen LogP contribution >= 0.6 is 0 Å². The zero-order valence-corrected chi connectivity index (χ0v) is 9.24. The van der Waals surface area contributed by atoms with Crippen molar-refractivity contribution in [3.63, 3.8) is 0 Å². The van der Waals surface area contributed by atoms with Crippen LogP contribution in [0.1, 0.15) is 26.7 Å². The standard InChI is InChI=1S/C10H17NO4/c1-6(2)8(12)11-7-4-10(5-7,15-3)9(13)14/h6-7H,4-5H2,1-3H3,(H,11,12)(H,13,14). The van der Waals surface area contributed by atoms with E-state index in [1.54, 1.807) is 13.8 Å². The monoisotopic (exact) mass is 215 g/mol. The summed E-state index contributed by atoms with van der Waals surface area (Å²) in [7, 11) is 1.38. The van der Waals surface area contributed by atoms with Crippen LogP contribution in [0, 0.1) is 5.92 Å². The van der Waals surface area contributed by atoms with E-state index in [-0.39, 0.29) is 17.9 Å². The maximum Gasteiger partial charge on any atom is 0.336 e. The van der Waals surface area contributed by atoms with E-state index < -0.39 is 11.6 Å². The highest BCUT2D eigenvalue weighted by atomic mass is 16.5. The topological polar surface area (TPSA) is 75.6 Å². The fourth-order valence-electron chi connectivity index (χ4n) is 1.63. The predicted octanol–water partition coefficient (Wildman–Crippen LogP) is 0.391. The molecule has 0 radical (unpaired) electrons. The molecule has 1 aliphatic rings. The molecule has 0 heterocycles. The second kappa shape index (κ2) is 4.18. The molecule has 0 aromatic heterocycles. The number of carboxylic acid groups (broad SMARTS) is 1. The Morgan fingerprint density at radius 3 is 2.33 bits per heavy atom. The van der Waals surface area contributed by atoms with Gasteiger partial charge < -0.3 is 15.2 Å². The Hall–Kier alpha value is -1.10. The number of ether oxygens (including phenoxy) is 1. The minimum atomic E-state index is -1.09. The molecule has 0 atom stereocenters. The van der Waals surface area contributed by atoms with Gasteiger partial charge in [-0.1, -0.05) is 13.8 Å². The van der Waals surface area contributed by atoms with Crippen LogP contribution in [0.5, 0.6) is 0 Å². The molecule has 1 amide bonds. The van der Waals surface area contributed by atoms with Crippen molar-refractivity contribution in [2.45, 2.75) is 38.3 Å². The Bertz CT molecular complexity index is 269. The molecule has 1 aliphatic carbocycles. The molecule has 5 nitrogen and oxygen atoms in total. The maximum atomic E-state index is 11.3. The summed E-state index contributed by atoms with van der Waals surface area (Å²) in [5, 5.41) is 11.7. The van der Waals surface area contributed by atoms with E-state index >= 15 is 0 Å². The lowest BCUT2D eigenvalue weighted by molar-refractivity contribution is -0.177. The highest BCUT2D eigenvalue weighted by Gasteiger charge is 2.51. The van der Waals surface area contributed by atoms with Crippen molar-refractivity contribution in [2.24, 2.45) is 5.92 Å². The zero-order valence-electron chi connectivity index (χ0n) is 9.24. The highest BCUT2D eigenvalue weighted by Crippen LogP contribution is 2.35. The third kappa shape index (κ3) is 2.28. The summed E-state index contributed by atoms with van der Waals surface area (Å²) < 4.78 is 4.96. The van der Waals surface area contributed by atoms with Crippen LogP contribution in [-0.2, 0) is 14.3 Å². The van der Waals surface area contributed by atoms with Crippen molar-refractivity contribution >= 4 is 11.9 Å². The lowest BCUT2D eigenvalue weighted by Crippen LogP contribution is -2.60. The van der Waals surface area contributed by atoms with Gasteiger partial charge in [-0.2, -0.15) is 0 Å². The third-order valence-electron chi connectivity index (χ3n) is 2.80. The number of nitrogens with one attached hydrogen (secondary N) is 1. The van der Waals surface area contributed by atoms with E-state index in [0.717, 1.165) is 0 Å². The molecule has 2 N–H and O–H groups in total. The van der Waals surface area contributed by atoms with Crippen molar-refractivity contribution in [3.8, 4) is 0 Å². The Kier molecular flexibility index (Phi) is 3.34. The number of carboxylic acids is 1. The molecule has 86 valence electrons. The highest BCUT2D eigenvalue weighted by molar-refractivity contribution is 5.81. The Balaban J connectivity index is 2.43. The summed E-state index contributed by atoms with van der Waals surface area (Å²) >= 11 is 0. The average molecular weight is 215 g/mol. The van der Waals surface area contributed by atoms with Crippen LogP contribution in [0.2, 0.25) is 0 Å². The molecule has 0 aromatic rings. The molecule has 1 rings (SSSR count). The summed E-state index contributed by atoms with van der Waals surface area (Å²) in [6.45, 7) is 3.60. The number of rotatable bonds is 4. The number of carbonyl (C=O) groups is 2. The van der Waals surface area contributed by atoms with Crippen LogP contribution in [0.15, 0.2) is 0 Å². The first-order valence-electron chi connectivity index (χ1n) is 5.00. The molecule has 1 fully saturated rings. The van der Waals surface area contributed by atoms with Crippen molar-refractivity contribution < 1.29 is 19.4 Å². The minimum absolute atomic E-state index is 0.0462. The number of amides is 1. The first-order chi connectivity index (χ1) is 6.91. The number of hydrogen-bond donors (Lipinski definition) is 2. The van der Waals surface area contributed by atoms with E-state index in [1.807, 2.05) is 0 Å². The maximum absolute atomic E-state index is 11.3. The van der Waals surface area contributed by atoms with Gasteiger partial charge in [0.1, 0.15) is 0 Å². The average Bonchev–Trinajstić information content (AvgIpc) is 2.09. The zero-order chi connectivity index (χ0) is 11.6. The summed E-state index contributed by atoms with van der Waals surface area (Å²) in [5.41, 5.74) is -1.09. The Morgan fingerprint density at radius 1 is 1.47 bits per heavy atom. The first-order valence-corrected chi connectivity index (χ1v) is 5.00. The van der Waals surface area contributed by atoms with Crippen LogP contribution in [0.25, 0.3) is 0 Å². The fourth-order valence-corrected chi connectivity index (χ4v) is 1.63. The SMILES string of the molecule is COC1(C(=O)O)CC(NC(=O)C(C)C)C1. The molecule has 1 saturated carbocycles. The molecule has 0 bridgehead atoms. The van der Waals surface area contributed by atoms with Gasteiger partial charge in [-0.05, 0) is 0 Å². The fraction of sp³-hybridized carbons (Fsp3) is 0.800. The van der Waals surface area contributed by atoms with Crippen LogP contribution in [0.4, 0.5) is 0 Å².